The van der Waals surface area contributed by atoms with Crippen molar-refractivity contribution in [3.05, 3.63) is 28.9 Å². The predicted octanol–water partition coefficient (Wildman–Crippen LogP) is 3.63. The van der Waals surface area contributed by atoms with Crippen LogP contribution in [0.4, 0.5) is 0 Å². The zero-order valence-corrected chi connectivity index (χ0v) is 17.8. The molecule has 1 saturated heterocycles. The average molecular weight is 405 g/mol. The summed E-state index contributed by atoms with van der Waals surface area (Å²) < 4.78 is 7.81. The number of carbonyl (C=O) groups is 2. The molecule has 8 heteroatoms. The second-order valence-electron chi connectivity index (χ2n) is 7.71. The molecule has 0 N–H and O–H groups in total. The van der Waals surface area contributed by atoms with Crippen molar-refractivity contribution in [1.82, 2.24) is 19.7 Å². The molecule has 0 unspecified atom stereocenters. The fraction of sp³-hybridized carbons (Fsp3) is 0.600. The van der Waals surface area contributed by atoms with E-state index in [1.165, 1.54) is 11.8 Å². The minimum Gasteiger partial charge on any atom is -0.414 e. The Balaban J connectivity index is 1.57. The molecule has 1 fully saturated rings. The molecule has 0 spiro atoms. The summed E-state index contributed by atoms with van der Waals surface area (Å²) in [5, 5.41) is 8.35. The molecule has 2 aromatic heterocycles. The van der Waals surface area contributed by atoms with Gasteiger partial charge in [0.2, 0.25) is 11.8 Å². The van der Waals surface area contributed by atoms with E-state index in [9.17, 15) is 9.59 Å². The highest BCUT2D eigenvalue weighted by molar-refractivity contribution is 7.99. The summed E-state index contributed by atoms with van der Waals surface area (Å²) in [5.74, 6) is 1.47. The van der Waals surface area contributed by atoms with Gasteiger partial charge in [0.1, 0.15) is 0 Å². The molecule has 0 aliphatic carbocycles. The van der Waals surface area contributed by atoms with E-state index in [2.05, 4.69) is 28.6 Å². The molecule has 0 atom stereocenters. The number of carbonyl (C=O) groups excluding carboxylic acids is 2. The average Bonchev–Trinajstić information content (AvgIpc) is 3.33. The molecule has 3 heterocycles. The Bertz CT molecular complexity index is 856. The Morgan fingerprint density at radius 2 is 2.11 bits per heavy atom. The van der Waals surface area contributed by atoms with E-state index in [-0.39, 0.29) is 17.4 Å². The van der Waals surface area contributed by atoms with Crippen LogP contribution in [0.15, 0.2) is 15.7 Å². The van der Waals surface area contributed by atoms with Gasteiger partial charge in [-0.05, 0) is 38.7 Å². The third kappa shape index (κ3) is 4.84. The first-order chi connectivity index (χ1) is 13.3. The summed E-state index contributed by atoms with van der Waals surface area (Å²) in [7, 11) is 0. The topological polar surface area (TPSA) is 81.2 Å². The molecule has 2 aromatic rings. The van der Waals surface area contributed by atoms with Gasteiger partial charge < -0.3 is 13.9 Å². The SMILES string of the molecule is Cc1cc(C(=O)CSc2nnc(CN3CCCC3=O)o2)c(C)n1CCC(C)C. The number of hydrogen-bond acceptors (Lipinski definition) is 6. The first-order valence-corrected chi connectivity index (χ1v) is 10.8. The van der Waals surface area contributed by atoms with E-state index >= 15 is 0 Å². The van der Waals surface area contributed by atoms with E-state index in [0.29, 0.717) is 30.0 Å². The Labute approximate surface area is 169 Å². The van der Waals surface area contributed by atoms with Gasteiger partial charge in [-0.25, -0.2) is 0 Å². The molecule has 1 aliphatic rings. The molecule has 1 amide bonds. The van der Waals surface area contributed by atoms with Crippen LogP contribution in [0.2, 0.25) is 0 Å². The second-order valence-corrected chi connectivity index (χ2v) is 8.64. The highest BCUT2D eigenvalue weighted by atomic mass is 32.2. The zero-order valence-electron chi connectivity index (χ0n) is 17.0. The molecular weight excluding hydrogens is 376 g/mol. The lowest BCUT2D eigenvalue weighted by molar-refractivity contribution is -0.128. The zero-order chi connectivity index (χ0) is 20.3. The van der Waals surface area contributed by atoms with Gasteiger partial charge in [0.05, 0.1) is 12.3 Å². The Morgan fingerprint density at radius 3 is 2.79 bits per heavy atom. The first-order valence-electron chi connectivity index (χ1n) is 9.78. The number of aryl methyl sites for hydroxylation is 1. The van der Waals surface area contributed by atoms with Crippen molar-refractivity contribution in [3.63, 3.8) is 0 Å². The van der Waals surface area contributed by atoms with E-state index in [0.717, 1.165) is 42.9 Å². The molecule has 3 rings (SSSR count). The van der Waals surface area contributed by atoms with Gasteiger partial charge in [-0.3, -0.25) is 9.59 Å². The summed E-state index contributed by atoms with van der Waals surface area (Å²) >= 11 is 1.24. The molecule has 0 aromatic carbocycles. The monoisotopic (exact) mass is 404 g/mol. The first kappa shape index (κ1) is 20.6. The van der Waals surface area contributed by atoms with Crippen LogP contribution in [-0.4, -0.2) is 43.7 Å². The van der Waals surface area contributed by atoms with Gasteiger partial charge in [0.25, 0.3) is 5.22 Å². The lowest BCUT2D eigenvalue weighted by Gasteiger charge is -2.11. The number of amides is 1. The number of likely N-dealkylation sites (tertiary alicyclic amines) is 1. The van der Waals surface area contributed by atoms with Gasteiger partial charge in [-0.2, -0.15) is 0 Å². The Morgan fingerprint density at radius 1 is 1.32 bits per heavy atom. The van der Waals surface area contributed by atoms with E-state index < -0.39 is 0 Å². The molecule has 28 heavy (non-hydrogen) atoms. The highest BCUT2D eigenvalue weighted by Crippen LogP contribution is 2.23. The van der Waals surface area contributed by atoms with Gasteiger partial charge in [0.15, 0.2) is 5.78 Å². The maximum Gasteiger partial charge on any atom is 0.277 e. The van der Waals surface area contributed by atoms with Crippen molar-refractivity contribution in [2.75, 3.05) is 12.3 Å². The Hall–Kier alpha value is -2.09. The van der Waals surface area contributed by atoms with E-state index in [4.69, 9.17) is 4.42 Å². The number of Topliss-reactive ketones (excluding diaryl/α,β-unsaturated/α-hetero) is 1. The van der Waals surface area contributed by atoms with Gasteiger partial charge in [-0.1, -0.05) is 25.6 Å². The number of nitrogens with zero attached hydrogens (tertiary/aromatic N) is 4. The minimum atomic E-state index is 0.0587. The van der Waals surface area contributed by atoms with Crippen LogP contribution in [0.5, 0.6) is 0 Å². The quantitative estimate of drug-likeness (QED) is 0.469. The summed E-state index contributed by atoms with van der Waals surface area (Å²) in [5.41, 5.74) is 2.89. The predicted molar refractivity (Wildman–Crippen MR) is 107 cm³/mol. The van der Waals surface area contributed by atoms with Gasteiger partial charge >= 0.3 is 0 Å². The maximum atomic E-state index is 12.7. The smallest absolute Gasteiger partial charge is 0.277 e. The van der Waals surface area contributed by atoms with Crippen LogP contribution in [0.3, 0.4) is 0 Å². The molecule has 1 aliphatic heterocycles. The number of aromatic nitrogens is 3. The van der Waals surface area contributed by atoms with Crippen molar-refractivity contribution in [1.29, 1.82) is 0 Å². The van der Waals surface area contributed by atoms with Crippen molar-refractivity contribution < 1.29 is 14.0 Å². The summed E-state index contributed by atoms with van der Waals surface area (Å²) in [6.07, 6.45) is 2.54. The van der Waals surface area contributed by atoms with Crippen LogP contribution >= 0.6 is 11.8 Å². The number of rotatable bonds is 9. The van der Waals surface area contributed by atoms with Crippen molar-refractivity contribution in [3.8, 4) is 0 Å². The fourth-order valence-electron chi connectivity index (χ4n) is 3.41. The number of hydrogen-bond donors (Lipinski definition) is 0. The summed E-state index contributed by atoms with van der Waals surface area (Å²) in [6.45, 7) is 10.5. The van der Waals surface area contributed by atoms with Gasteiger partial charge in [0, 0.05) is 36.5 Å². The van der Waals surface area contributed by atoms with E-state index in [1.807, 2.05) is 19.9 Å². The molecule has 152 valence electrons. The number of thioether (sulfide) groups is 1. The third-order valence-corrected chi connectivity index (χ3v) is 5.90. The molecule has 7 nitrogen and oxygen atoms in total. The molecular formula is C20H28N4O3S. The fourth-order valence-corrected chi connectivity index (χ4v) is 4.08. The van der Waals surface area contributed by atoms with Crippen LogP contribution < -0.4 is 0 Å². The van der Waals surface area contributed by atoms with Gasteiger partial charge in [-0.15, -0.1) is 10.2 Å². The normalized spacial score (nSPS) is 14.5. The lowest BCUT2D eigenvalue weighted by atomic mass is 10.1. The minimum absolute atomic E-state index is 0.0587. The molecule has 0 radical (unpaired) electrons. The second kappa shape index (κ2) is 8.94. The number of ketones is 1. The molecule has 0 bridgehead atoms. The molecule has 0 saturated carbocycles. The van der Waals surface area contributed by atoms with Crippen molar-refractivity contribution in [2.24, 2.45) is 5.92 Å². The third-order valence-electron chi connectivity index (χ3n) is 5.08. The van der Waals surface area contributed by atoms with Crippen molar-refractivity contribution in [2.45, 2.75) is 65.3 Å². The standard InChI is InChI=1S/C20H28N4O3S/c1-13(2)7-9-24-14(3)10-16(15(24)4)17(25)12-28-20-22-21-18(27-20)11-23-8-5-6-19(23)26/h10,13H,5-9,11-12H2,1-4H3. The highest BCUT2D eigenvalue weighted by Gasteiger charge is 2.23. The maximum absolute atomic E-state index is 12.7. The van der Waals surface area contributed by atoms with E-state index in [1.54, 1.807) is 4.90 Å². The van der Waals surface area contributed by atoms with Crippen LogP contribution in [-0.2, 0) is 17.9 Å². The summed E-state index contributed by atoms with van der Waals surface area (Å²) in [4.78, 5) is 26.1. The van der Waals surface area contributed by atoms with Crippen LogP contribution in [0.25, 0.3) is 0 Å². The van der Waals surface area contributed by atoms with Crippen LogP contribution in [0.1, 0.15) is 60.7 Å². The summed E-state index contributed by atoms with van der Waals surface area (Å²) in [6, 6.07) is 1.97. The largest absolute Gasteiger partial charge is 0.414 e. The van der Waals surface area contributed by atoms with Crippen LogP contribution in [0, 0.1) is 19.8 Å². The Kier molecular flexibility index (Phi) is 6.59. The van der Waals surface area contributed by atoms with Crippen molar-refractivity contribution >= 4 is 23.5 Å². The lowest BCUT2D eigenvalue weighted by Crippen LogP contribution is -2.23.